The van der Waals surface area contributed by atoms with Gasteiger partial charge in [0.25, 0.3) is 0 Å². The Morgan fingerprint density at radius 2 is 2.15 bits per heavy atom. The minimum atomic E-state index is -0.109. The van der Waals surface area contributed by atoms with Crippen LogP contribution in [0, 0.1) is 0 Å². The lowest BCUT2D eigenvalue weighted by Gasteiger charge is -1.96. The molecule has 2 aromatic heterocycles. The molecule has 2 rings (SSSR count). The first-order valence-corrected chi connectivity index (χ1v) is 4.96. The highest BCUT2D eigenvalue weighted by Gasteiger charge is 2.04. The molecular weight excluding hydrogens is 206 g/mol. The molecule has 0 bridgehead atoms. The number of halogens is 1. The number of H-pyrrole nitrogens is 1. The molecule has 0 atom stereocenters. The van der Waals surface area contributed by atoms with Gasteiger partial charge in [-0.2, -0.15) is 0 Å². The number of rotatable bonds is 1. The van der Waals surface area contributed by atoms with Crippen molar-refractivity contribution in [2.24, 2.45) is 0 Å². The van der Waals surface area contributed by atoms with Gasteiger partial charge in [-0.15, -0.1) is 11.3 Å². The van der Waals surface area contributed by atoms with Crippen LogP contribution in [0.25, 0.3) is 10.6 Å². The van der Waals surface area contributed by atoms with Gasteiger partial charge in [-0.3, -0.25) is 4.79 Å². The van der Waals surface area contributed by atoms with E-state index in [4.69, 9.17) is 11.6 Å². The fourth-order valence-electron chi connectivity index (χ4n) is 1.07. The average molecular weight is 212 g/mol. The van der Waals surface area contributed by atoms with E-state index in [2.05, 4.69) is 4.98 Å². The summed E-state index contributed by atoms with van der Waals surface area (Å²) in [6.45, 7) is 0. The quantitative estimate of drug-likeness (QED) is 0.773. The predicted octanol–water partition coefficient (Wildman–Crippen LogP) is 2.76. The summed E-state index contributed by atoms with van der Waals surface area (Å²) in [7, 11) is 0. The smallest absolute Gasteiger partial charge is 0.248 e. The zero-order chi connectivity index (χ0) is 9.26. The van der Waals surface area contributed by atoms with Crippen LogP contribution in [0.2, 0.25) is 5.02 Å². The van der Waals surface area contributed by atoms with Gasteiger partial charge in [0.15, 0.2) is 0 Å². The van der Waals surface area contributed by atoms with Gasteiger partial charge in [0, 0.05) is 6.07 Å². The van der Waals surface area contributed by atoms with Crippen molar-refractivity contribution >= 4 is 22.9 Å². The third-order valence-electron chi connectivity index (χ3n) is 1.63. The lowest BCUT2D eigenvalue weighted by atomic mass is 10.3. The summed E-state index contributed by atoms with van der Waals surface area (Å²) in [6, 6.07) is 6.83. The van der Waals surface area contributed by atoms with Crippen molar-refractivity contribution < 1.29 is 0 Å². The monoisotopic (exact) mass is 211 g/mol. The number of hydrogen-bond donors (Lipinski definition) is 1. The molecule has 0 saturated carbocycles. The highest BCUT2D eigenvalue weighted by molar-refractivity contribution is 7.14. The zero-order valence-corrected chi connectivity index (χ0v) is 8.15. The molecule has 4 heteroatoms. The van der Waals surface area contributed by atoms with E-state index in [0.29, 0.717) is 5.02 Å². The first-order chi connectivity index (χ1) is 6.27. The van der Waals surface area contributed by atoms with Gasteiger partial charge in [-0.05, 0) is 17.5 Å². The molecule has 0 aliphatic carbocycles. The Kier molecular flexibility index (Phi) is 2.20. The summed E-state index contributed by atoms with van der Waals surface area (Å²) < 4.78 is 0. The standard InChI is InChI=1S/C9H6ClNOS/c10-6-4-5-13-9(6)7-2-1-3-8(12)11-7/h1-5H,(H,11,12). The van der Waals surface area contributed by atoms with Crippen LogP contribution in [0.3, 0.4) is 0 Å². The third kappa shape index (κ3) is 1.66. The molecule has 0 amide bonds. The molecule has 2 heterocycles. The summed E-state index contributed by atoms with van der Waals surface area (Å²) in [4.78, 5) is 14.6. The van der Waals surface area contributed by atoms with Crippen molar-refractivity contribution in [3.63, 3.8) is 0 Å². The molecule has 0 spiro atoms. The number of thiophene rings is 1. The number of aromatic nitrogens is 1. The van der Waals surface area contributed by atoms with E-state index < -0.39 is 0 Å². The fourth-order valence-corrected chi connectivity index (χ4v) is 2.21. The van der Waals surface area contributed by atoms with Crippen LogP contribution in [0.4, 0.5) is 0 Å². The Morgan fingerprint density at radius 1 is 1.31 bits per heavy atom. The molecule has 0 unspecified atom stereocenters. The fraction of sp³-hybridized carbons (Fsp3) is 0. The van der Waals surface area contributed by atoms with Crippen LogP contribution in [0.15, 0.2) is 34.4 Å². The maximum atomic E-state index is 11.0. The topological polar surface area (TPSA) is 32.9 Å². The summed E-state index contributed by atoms with van der Waals surface area (Å²) >= 11 is 7.42. The van der Waals surface area contributed by atoms with E-state index in [-0.39, 0.29) is 5.56 Å². The maximum absolute atomic E-state index is 11.0. The summed E-state index contributed by atoms with van der Waals surface area (Å²) in [5.41, 5.74) is 0.662. The van der Waals surface area contributed by atoms with Crippen LogP contribution < -0.4 is 5.56 Å². The van der Waals surface area contributed by atoms with Crippen LogP contribution in [0.5, 0.6) is 0 Å². The van der Waals surface area contributed by atoms with E-state index in [0.717, 1.165) is 10.6 Å². The average Bonchev–Trinajstić information content (AvgIpc) is 2.51. The Bertz CT molecular complexity index is 474. The molecule has 2 aromatic rings. The zero-order valence-electron chi connectivity index (χ0n) is 6.58. The van der Waals surface area contributed by atoms with Crippen LogP contribution >= 0.6 is 22.9 Å². The number of hydrogen-bond acceptors (Lipinski definition) is 2. The second-order valence-corrected chi connectivity index (χ2v) is 3.85. The Hall–Kier alpha value is -1.06. The molecular formula is C9H6ClNOS. The summed E-state index contributed by atoms with van der Waals surface area (Å²) in [5.74, 6) is 0. The van der Waals surface area contributed by atoms with Crippen molar-refractivity contribution in [1.82, 2.24) is 4.98 Å². The highest BCUT2D eigenvalue weighted by Crippen LogP contribution is 2.30. The molecule has 0 fully saturated rings. The van der Waals surface area contributed by atoms with Gasteiger partial charge < -0.3 is 4.98 Å². The lowest BCUT2D eigenvalue weighted by Crippen LogP contribution is -2.02. The van der Waals surface area contributed by atoms with Crippen LogP contribution in [0.1, 0.15) is 0 Å². The van der Waals surface area contributed by atoms with E-state index in [1.165, 1.54) is 17.4 Å². The lowest BCUT2D eigenvalue weighted by molar-refractivity contribution is 1.25. The number of pyridine rings is 1. The molecule has 66 valence electrons. The molecule has 0 aliphatic heterocycles. The maximum Gasteiger partial charge on any atom is 0.248 e. The predicted molar refractivity (Wildman–Crippen MR) is 55.4 cm³/mol. The molecule has 13 heavy (non-hydrogen) atoms. The first kappa shape index (κ1) is 8.53. The van der Waals surface area contributed by atoms with Crippen LogP contribution in [-0.4, -0.2) is 4.98 Å². The Labute approximate surface area is 83.8 Å². The van der Waals surface area contributed by atoms with Crippen molar-refractivity contribution in [2.75, 3.05) is 0 Å². The number of nitrogens with one attached hydrogen (secondary N) is 1. The van der Waals surface area contributed by atoms with Gasteiger partial charge >= 0.3 is 0 Å². The SMILES string of the molecule is O=c1cccc(-c2sccc2Cl)[nH]1. The van der Waals surface area contributed by atoms with Gasteiger partial charge in [0.05, 0.1) is 15.6 Å². The number of aromatic amines is 1. The van der Waals surface area contributed by atoms with Gasteiger partial charge in [0.2, 0.25) is 5.56 Å². The minimum absolute atomic E-state index is 0.109. The van der Waals surface area contributed by atoms with Gasteiger partial charge in [-0.1, -0.05) is 17.7 Å². The Balaban J connectivity index is 2.59. The van der Waals surface area contributed by atoms with Gasteiger partial charge in [0.1, 0.15) is 0 Å². The highest BCUT2D eigenvalue weighted by atomic mass is 35.5. The van der Waals surface area contributed by atoms with Crippen molar-refractivity contribution in [2.45, 2.75) is 0 Å². The second kappa shape index (κ2) is 3.36. The molecule has 0 aliphatic rings. The molecule has 1 N–H and O–H groups in total. The van der Waals surface area contributed by atoms with Gasteiger partial charge in [-0.25, -0.2) is 0 Å². The second-order valence-electron chi connectivity index (χ2n) is 2.53. The molecule has 0 saturated heterocycles. The van der Waals surface area contributed by atoms with E-state index >= 15 is 0 Å². The normalized spacial score (nSPS) is 10.2. The van der Waals surface area contributed by atoms with Crippen LogP contribution in [-0.2, 0) is 0 Å². The summed E-state index contributed by atoms with van der Waals surface area (Å²) in [6.07, 6.45) is 0. The first-order valence-electron chi connectivity index (χ1n) is 3.70. The van der Waals surface area contributed by atoms with Crippen molar-refractivity contribution in [3.05, 3.63) is 45.0 Å². The van der Waals surface area contributed by atoms with Crippen molar-refractivity contribution in [3.8, 4) is 10.6 Å². The Morgan fingerprint density at radius 3 is 2.77 bits per heavy atom. The molecule has 0 radical (unpaired) electrons. The summed E-state index contributed by atoms with van der Waals surface area (Å²) in [5, 5.41) is 2.56. The van der Waals surface area contributed by atoms with Crippen molar-refractivity contribution in [1.29, 1.82) is 0 Å². The molecule has 0 aromatic carbocycles. The third-order valence-corrected chi connectivity index (χ3v) is 3.00. The minimum Gasteiger partial charge on any atom is -0.321 e. The van der Waals surface area contributed by atoms with E-state index in [1.54, 1.807) is 6.07 Å². The van der Waals surface area contributed by atoms with E-state index in [1.807, 2.05) is 17.5 Å². The molecule has 2 nitrogen and oxygen atoms in total. The largest absolute Gasteiger partial charge is 0.321 e. The van der Waals surface area contributed by atoms with E-state index in [9.17, 15) is 4.79 Å².